The molecular formula is C18H23FN4. The Morgan fingerprint density at radius 1 is 1.22 bits per heavy atom. The lowest BCUT2D eigenvalue weighted by molar-refractivity contribution is 0.314. The Balaban J connectivity index is 1.60. The highest BCUT2D eigenvalue weighted by molar-refractivity contribution is 5.81. The van der Waals surface area contributed by atoms with Crippen LogP contribution in [0.5, 0.6) is 0 Å². The van der Waals surface area contributed by atoms with Gasteiger partial charge in [0.25, 0.3) is 0 Å². The average molecular weight is 314 g/mol. The van der Waals surface area contributed by atoms with E-state index in [1.54, 1.807) is 6.07 Å². The monoisotopic (exact) mass is 314 g/mol. The van der Waals surface area contributed by atoms with E-state index < -0.39 is 0 Å². The zero-order valence-corrected chi connectivity index (χ0v) is 14.0. The van der Waals surface area contributed by atoms with E-state index in [0.29, 0.717) is 0 Å². The molecule has 0 amide bonds. The van der Waals surface area contributed by atoms with Gasteiger partial charge in [-0.3, -0.25) is 0 Å². The maximum atomic E-state index is 13.3. The molecule has 1 aromatic carbocycles. The van der Waals surface area contributed by atoms with Crippen LogP contribution in [-0.4, -0.2) is 32.6 Å². The van der Waals surface area contributed by atoms with Gasteiger partial charge < -0.3 is 14.0 Å². The number of fused-ring (bicyclic) bond motifs is 1. The topological polar surface area (TPSA) is 26.0 Å². The van der Waals surface area contributed by atoms with Crippen LogP contribution in [0, 0.1) is 5.82 Å². The molecule has 0 radical (unpaired) electrons. The van der Waals surface area contributed by atoms with Gasteiger partial charge in [0.15, 0.2) is 0 Å². The maximum Gasteiger partial charge on any atom is 0.123 e. The van der Waals surface area contributed by atoms with E-state index >= 15 is 0 Å². The summed E-state index contributed by atoms with van der Waals surface area (Å²) < 4.78 is 17.6. The minimum Gasteiger partial charge on any atom is -0.346 e. The molecule has 122 valence electrons. The van der Waals surface area contributed by atoms with Crippen molar-refractivity contribution in [3.05, 3.63) is 54.0 Å². The normalized spacial score (nSPS) is 11.7. The van der Waals surface area contributed by atoms with Crippen LogP contribution in [0.4, 0.5) is 4.39 Å². The second-order valence-electron chi connectivity index (χ2n) is 6.19. The number of hydrogen-bond acceptors (Lipinski definition) is 2. The van der Waals surface area contributed by atoms with Gasteiger partial charge in [-0.05, 0) is 44.3 Å². The Morgan fingerprint density at radius 3 is 2.78 bits per heavy atom. The summed E-state index contributed by atoms with van der Waals surface area (Å²) in [5, 5.41) is 0.962. The fourth-order valence-electron chi connectivity index (χ4n) is 3.03. The summed E-state index contributed by atoms with van der Waals surface area (Å²) in [5.74, 6) is 0.941. The minimum atomic E-state index is -0.182. The van der Waals surface area contributed by atoms with Crippen LogP contribution in [0.2, 0.25) is 0 Å². The van der Waals surface area contributed by atoms with Crippen LogP contribution in [0.25, 0.3) is 10.9 Å². The zero-order valence-electron chi connectivity index (χ0n) is 14.0. The predicted octanol–water partition coefficient (Wildman–Crippen LogP) is 3.12. The fraction of sp³-hybridized carbons (Fsp3) is 0.389. The van der Waals surface area contributed by atoms with E-state index in [0.717, 1.165) is 42.7 Å². The molecule has 0 unspecified atom stereocenters. The minimum absolute atomic E-state index is 0.182. The Morgan fingerprint density at radius 2 is 2.04 bits per heavy atom. The van der Waals surface area contributed by atoms with Crippen molar-refractivity contribution in [1.29, 1.82) is 0 Å². The molecule has 0 aliphatic carbocycles. The van der Waals surface area contributed by atoms with E-state index in [-0.39, 0.29) is 5.82 Å². The molecule has 0 saturated carbocycles. The van der Waals surface area contributed by atoms with Gasteiger partial charge in [0, 0.05) is 56.1 Å². The highest BCUT2D eigenvalue weighted by atomic mass is 19.1. The predicted molar refractivity (Wildman–Crippen MR) is 90.7 cm³/mol. The van der Waals surface area contributed by atoms with Crippen LogP contribution in [0.3, 0.4) is 0 Å². The molecule has 0 fully saturated rings. The summed E-state index contributed by atoms with van der Waals surface area (Å²) in [6.45, 7) is 1.86. The number of nitrogens with zero attached hydrogens (tertiary/aromatic N) is 4. The molecule has 0 aliphatic heterocycles. The molecule has 3 rings (SSSR count). The van der Waals surface area contributed by atoms with Gasteiger partial charge in [0.05, 0.1) is 0 Å². The third-order valence-corrected chi connectivity index (χ3v) is 4.40. The average Bonchev–Trinajstić information content (AvgIpc) is 3.04. The summed E-state index contributed by atoms with van der Waals surface area (Å²) in [5.41, 5.74) is 2.27. The van der Waals surface area contributed by atoms with Gasteiger partial charge in [0.1, 0.15) is 11.6 Å². The van der Waals surface area contributed by atoms with Gasteiger partial charge in [-0.1, -0.05) is 0 Å². The van der Waals surface area contributed by atoms with Crippen LogP contribution < -0.4 is 0 Å². The molecule has 0 aliphatic rings. The molecule has 2 heterocycles. The SMILES string of the molecule is CN(CCCc1nccn1C)Cc1cc2cc(F)ccc2n1C. The number of aryl methyl sites for hydroxylation is 3. The number of aromatic nitrogens is 3. The van der Waals surface area contributed by atoms with Crippen LogP contribution >= 0.6 is 0 Å². The van der Waals surface area contributed by atoms with Crippen molar-refractivity contribution in [2.75, 3.05) is 13.6 Å². The van der Waals surface area contributed by atoms with Crippen LogP contribution in [-0.2, 0) is 27.1 Å². The lowest BCUT2D eigenvalue weighted by Crippen LogP contribution is -2.21. The third-order valence-electron chi connectivity index (χ3n) is 4.40. The Labute approximate surface area is 136 Å². The van der Waals surface area contributed by atoms with E-state index in [1.165, 1.54) is 11.8 Å². The molecular weight excluding hydrogens is 291 g/mol. The summed E-state index contributed by atoms with van der Waals surface area (Å²) in [7, 11) is 6.19. The first kappa shape index (κ1) is 15.7. The van der Waals surface area contributed by atoms with Gasteiger partial charge in [-0.2, -0.15) is 0 Å². The molecule has 0 saturated heterocycles. The largest absolute Gasteiger partial charge is 0.346 e. The van der Waals surface area contributed by atoms with E-state index in [9.17, 15) is 4.39 Å². The lowest BCUT2D eigenvalue weighted by atomic mass is 10.2. The molecule has 0 N–H and O–H groups in total. The summed E-state index contributed by atoms with van der Waals surface area (Å²) in [4.78, 5) is 6.65. The van der Waals surface area contributed by atoms with Gasteiger partial charge in [0.2, 0.25) is 0 Å². The molecule has 2 aromatic heterocycles. The van der Waals surface area contributed by atoms with Crippen molar-refractivity contribution in [1.82, 2.24) is 19.0 Å². The Hall–Kier alpha value is -2.14. The first-order valence-electron chi connectivity index (χ1n) is 7.93. The van der Waals surface area contributed by atoms with Crippen molar-refractivity contribution < 1.29 is 4.39 Å². The van der Waals surface area contributed by atoms with Crippen molar-refractivity contribution in [2.24, 2.45) is 14.1 Å². The number of benzene rings is 1. The highest BCUT2D eigenvalue weighted by Crippen LogP contribution is 2.20. The second kappa shape index (κ2) is 6.54. The number of rotatable bonds is 6. The highest BCUT2D eigenvalue weighted by Gasteiger charge is 2.09. The standard InChI is InChI=1S/C18H23FN4/c1-21(9-4-5-18-20-8-10-22(18)2)13-16-12-14-11-15(19)6-7-17(14)23(16)3/h6-8,10-12H,4-5,9,13H2,1-3H3. The van der Waals surface area contributed by atoms with E-state index in [2.05, 4.69) is 32.1 Å². The van der Waals surface area contributed by atoms with Crippen molar-refractivity contribution >= 4 is 10.9 Å². The summed E-state index contributed by atoms with van der Waals surface area (Å²) in [6.07, 6.45) is 5.87. The molecule has 23 heavy (non-hydrogen) atoms. The van der Waals surface area contributed by atoms with Gasteiger partial charge in [-0.15, -0.1) is 0 Å². The number of imidazole rings is 1. The van der Waals surface area contributed by atoms with Crippen LogP contribution in [0.1, 0.15) is 17.9 Å². The maximum absolute atomic E-state index is 13.3. The third kappa shape index (κ3) is 3.45. The lowest BCUT2D eigenvalue weighted by Gasteiger charge is -2.17. The molecule has 4 nitrogen and oxygen atoms in total. The smallest absolute Gasteiger partial charge is 0.123 e. The second-order valence-corrected chi connectivity index (χ2v) is 6.19. The molecule has 0 bridgehead atoms. The van der Waals surface area contributed by atoms with Crippen LogP contribution in [0.15, 0.2) is 36.7 Å². The van der Waals surface area contributed by atoms with Gasteiger partial charge >= 0.3 is 0 Å². The number of hydrogen-bond donors (Lipinski definition) is 0. The van der Waals surface area contributed by atoms with Crippen molar-refractivity contribution in [3.8, 4) is 0 Å². The summed E-state index contributed by atoms with van der Waals surface area (Å²) >= 11 is 0. The summed E-state index contributed by atoms with van der Waals surface area (Å²) in [6, 6.07) is 7.03. The first-order valence-corrected chi connectivity index (χ1v) is 7.93. The fourth-order valence-corrected chi connectivity index (χ4v) is 3.03. The first-order chi connectivity index (χ1) is 11.0. The van der Waals surface area contributed by atoms with E-state index in [4.69, 9.17) is 0 Å². The molecule has 3 aromatic rings. The molecule has 0 spiro atoms. The van der Waals surface area contributed by atoms with Crippen molar-refractivity contribution in [2.45, 2.75) is 19.4 Å². The zero-order chi connectivity index (χ0) is 16.4. The number of halogens is 1. The van der Waals surface area contributed by atoms with Gasteiger partial charge in [-0.25, -0.2) is 9.37 Å². The Bertz CT molecular complexity index is 803. The molecule has 0 atom stereocenters. The Kier molecular flexibility index (Phi) is 4.48. The van der Waals surface area contributed by atoms with Crippen molar-refractivity contribution in [3.63, 3.8) is 0 Å². The quantitative estimate of drug-likeness (QED) is 0.699. The molecule has 5 heteroatoms. The van der Waals surface area contributed by atoms with E-state index in [1.807, 2.05) is 32.6 Å².